The predicted octanol–water partition coefficient (Wildman–Crippen LogP) is 4.97. The van der Waals surface area contributed by atoms with E-state index in [1.807, 2.05) is 0 Å². The highest BCUT2D eigenvalue weighted by molar-refractivity contribution is 6.05. The lowest BCUT2D eigenvalue weighted by Crippen LogP contribution is -2.09. The molecule has 0 aliphatic heterocycles. The summed E-state index contributed by atoms with van der Waals surface area (Å²) in [5.41, 5.74) is 2.62. The standard InChI is InChI=1S/C21H14F2N2O2.ClH/c1-27-17-10-16(12-2-6-14(22)7-3-12)18(13-4-8-15(23)9-5-13)19-20(17)24-11-25-21(19)26;/h2-11H,1H3,(H,24,25,26);1H. The summed E-state index contributed by atoms with van der Waals surface area (Å²) < 4.78 is 32.3. The van der Waals surface area contributed by atoms with Crippen molar-refractivity contribution in [2.24, 2.45) is 0 Å². The summed E-state index contributed by atoms with van der Waals surface area (Å²) in [5, 5.41) is 0.322. The first-order valence-electron chi connectivity index (χ1n) is 8.19. The number of aromatic nitrogens is 2. The number of nitrogens with zero attached hydrogens (tertiary/aromatic N) is 1. The molecule has 0 aliphatic rings. The molecule has 3 aromatic carbocycles. The number of nitrogens with one attached hydrogen (secondary N) is 1. The third-order valence-electron chi connectivity index (χ3n) is 4.39. The quantitative estimate of drug-likeness (QED) is 0.528. The molecule has 0 saturated heterocycles. The van der Waals surface area contributed by atoms with Crippen molar-refractivity contribution in [3.05, 3.63) is 82.9 Å². The van der Waals surface area contributed by atoms with Crippen molar-refractivity contribution >= 4 is 23.3 Å². The molecule has 0 aliphatic carbocycles. The smallest absolute Gasteiger partial charge is 0.259 e. The third-order valence-corrected chi connectivity index (χ3v) is 4.39. The van der Waals surface area contributed by atoms with Gasteiger partial charge in [-0.15, -0.1) is 12.4 Å². The van der Waals surface area contributed by atoms with Crippen LogP contribution in [0, 0.1) is 11.6 Å². The molecule has 0 amide bonds. The Hall–Kier alpha value is -3.25. The van der Waals surface area contributed by atoms with Gasteiger partial charge in [0.1, 0.15) is 22.9 Å². The first kappa shape index (κ1) is 19.5. The summed E-state index contributed by atoms with van der Waals surface area (Å²) in [6, 6.07) is 13.5. The molecule has 4 nitrogen and oxygen atoms in total. The molecule has 7 heteroatoms. The molecule has 0 spiro atoms. The van der Waals surface area contributed by atoms with E-state index in [1.165, 1.54) is 37.7 Å². The molecule has 142 valence electrons. The number of aromatic amines is 1. The van der Waals surface area contributed by atoms with Gasteiger partial charge in [0.25, 0.3) is 5.56 Å². The van der Waals surface area contributed by atoms with E-state index in [-0.39, 0.29) is 29.6 Å². The summed E-state index contributed by atoms with van der Waals surface area (Å²) >= 11 is 0. The van der Waals surface area contributed by atoms with Crippen LogP contribution in [0.15, 0.2) is 65.7 Å². The van der Waals surface area contributed by atoms with E-state index < -0.39 is 0 Å². The predicted molar refractivity (Wildman–Crippen MR) is 107 cm³/mol. The van der Waals surface area contributed by atoms with Crippen molar-refractivity contribution in [3.8, 4) is 28.0 Å². The minimum Gasteiger partial charge on any atom is -0.494 e. The second-order valence-corrected chi connectivity index (χ2v) is 5.97. The summed E-state index contributed by atoms with van der Waals surface area (Å²) in [6.07, 6.45) is 1.30. The molecule has 0 atom stereocenters. The van der Waals surface area contributed by atoms with Crippen LogP contribution in [0.5, 0.6) is 5.75 Å². The first-order valence-corrected chi connectivity index (χ1v) is 8.19. The topological polar surface area (TPSA) is 55.0 Å². The number of methoxy groups -OCH3 is 1. The first-order chi connectivity index (χ1) is 13.1. The maximum atomic E-state index is 13.4. The highest BCUT2D eigenvalue weighted by Crippen LogP contribution is 2.40. The highest BCUT2D eigenvalue weighted by Gasteiger charge is 2.19. The Labute approximate surface area is 165 Å². The molecule has 1 aromatic heterocycles. The van der Waals surface area contributed by atoms with Gasteiger partial charge in [-0.2, -0.15) is 0 Å². The van der Waals surface area contributed by atoms with Crippen LogP contribution in [0.25, 0.3) is 33.2 Å². The van der Waals surface area contributed by atoms with Crippen LogP contribution in [-0.4, -0.2) is 17.1 Å². The van der Waals surface area contributed by atoms with Crippen LogP contribution < -0.4 is 10.3 Å². The lowest BCUT2D eigenvalue weighted by molar-refractivity contribution is 0.419. The molecular formula is C21H15ClF2N2O2. The zero-order valence-corrected chi connectivity index (χ0v) is 15.5. The highest BCUT2D eigenvalue weighted by atomic mass is 35.5. The molecule has 4 aromatic rings. The van der Waals surface area contributed by atoms with Crippen LogP contribution in [0.4, 0.5) is 8.78 Å². The van der Waals surface area contributed by atoms with Gasteiger partial charge in [0.05, 0.1) is 18.8 Å². The number of benzene rings is 3. The van der Waals surface area contributed by atoms with Crippen molar-refractivity contribution in [1.29, 1.82) is 0 Å². The zero-order valence-electron chi connectivity index (χ0n) is 14.7. The van der Waals surface area contributed by atoms with Gasteiger partial charge in [-0.3, -0.25) is 4.79 Å². The van der Waals surface area contributed by atoms with Crippen molar-refractivity contribution < 1.29 is 13.5 Å². The fourth-order valence-corrected chi connectivity index (χ4v) is 3.15. The molecule has 0 bridgehead atoms. The second-order valence-electron chi connectivity index (χ2n) is 5.97. The minimum atomic E-state index is -0.382. The number of rotatable bonds is 3. The Bertz CT molecular complexity index is 1190. The molecule has 0 saturated carbocycles. The van der Waals surface area contributed by atoms with Gasteiger partial charge in [0, 0.05) is 5.56 Å². The average molecular weight is 401 g/mol. The molecule has 4 rings (SSSR count). The van der Waals surface area contributed by atoms with Gasteiger partial charge in [0.15, 0.2) is 0 Å². The Morgan fingerprint density at radius 1 is 0.929 bits per heavy atom. The molecule has 28 heavy (non-hydrogen) atoms. The van der Waals surface area contributed by atoms with E-state index in [2.05, 4.69) is 9.97 Å². The molecule has 1 N–H and O–H groups in total. The lowest BCUT2D eigenvalue weighted by atomic mass is 9.91. The molecule has 1 heterocycles. The average Bonchev–Trinajstić information content (AvgIpc) is 2.68. The Morgan fingerprint density at radius 2 is 1.50 bits per heavy atom. The number of hydrogen-bond donors (Lipinski definition) is 1. The van der Waals surface area contributed by atoms with Crippen LogP contribution >= 0.6 is 12.4 Å². The van der Waals surface area contributed by atoms with E-state index in [1.54, 1.807) is 30.3 Å². The normalized spacial score (nSPS) is 10.5. The van der Waals surface area contributed by atoms with Crippen LogP contribution in [0.1, 0.15) is 0 Å². The summed E-state index contributed by atoms with van der Waals surface area (Å²) in [5.74, 6) is -0.331. The van der Waals surface area contributed by atoms with Gasteiger partial charge in [-0.1, -0.05) is 24.3 Å². The Kier molecular flexibility index (Phi) is 5.42. The maximum absolute atomic E-state index is 13.4. The summed E-state index contributed by atoms with van der Waals surface area (Å²) in [4.78, 5) is 19.5. The van der Waals surface area contributed by atoms with Crippen LogP contribution in [0.2, 0.25) is 0 Å². The van der Waals surface area contributed by atoms with Crippen molar-refractivity contribution in [1.82, 2.24) is 9.97 Å². The largest absolute Gasteiger partial charge is 0.494 e. The summed E-state index contributed by atoms with van der Waals surface area (Å²) in [7, 11) is 1.49. The Morgan fingerprint density at radius 3 is 2.07 bits per heavy atom. The van der Waals surface area contributed by atoms with E-state index in [9.17, 15) is 13.6 Å². The molecule has 0 fully saturated rings. The molecule has 0 unspecified atom stereocenters. The number of H-pyrrole nitrogens is 1. The van der Waals surface area contributed by atoms with Gasteiger partial charge >= 0.3 is 0 Å². The monoisotopic (exact) mass is 400 g/mol. The third kappa shape index (κ3) is 3.34. The Balaban J connectivity index is 0.00000225. The second kappa shape index (κ2) is 7.78. The number of hydrogen-bond acceptors (Lipinski definition) is 3. The minimum absolute atomic E-state index is 0. The lowest BCUT2D eigenvalue weighted by Gasteiger charge is -2.15. The van der Waals surface area contributed by atoms with Gasteiger partial charge < -0.3 is 9.72 Å². The zero-order chi connectivity index (χ0) is 19.0. The fraction of sp³-hybridized carbons (Fsp3) is 0.0476. The van der Waals surface area contributed by atoms with E-state index >= 15 is 0 Å². The number of fused-ring (bicyclic) bond motifs is 1. The van der Waals surface area contributed by atoms with Crippen molar-refractivity contribution in [2.75, 3.05) is 7.11 Å². The molecule has 0 radical (unpaired) electrons. The fourth-order valence-electron chi connectivity index (χ4n) is 3.15. The van der Waals surface area contributed by atoms with E-state index in [0.29, 0.717) is 38.9 Å². The SMILES string of the molecule is COc1cc(-c2ccc(F)cc2)c(-c2ccc(F)cc2)c2c(=O)[nH]cnc12.Cl. The number of ether oxygens (including phenoxy) is 1. The van der Waals surface area contributed by atoms with Crippen molar-refractivity contribution in [3.63, 3.8) is 0 Å². The van der Waals surface area contributed by atoms with Gasteiger partial charge in [-0.05, 0) is 47.0 Å². The molecular weight excluding hydrogens is 386 g/mol. The van der Waals surface area contributed by atoms with Crippen molar-refractivity contribution in [2.45, 2.75) is 0 Å². The van der Waals surface area contributed by atoms with E-state index in [4.69, 9.17) is 4.74 Å². The van der Waals surface area contributed by atoms with Crippen LogP contribution in [0.3, 0.4) is 0 Å². The summed E-state index contributed by atoms with van der Waals surface area (Å²) in [6.45, 7) is 0. The van der Waals surface area contributed by atoms with Gasteiger partial charge in [-0.25, -0.2) is 13.8 Å². The van der Waals surface area contributed by atoms with Crippen LogP contribution in [-0.2, 0) is 0 Å². The number of halogens is 3. The van der Waals surface area contributed by atoms with E-state index in [0.717, 1.165) is 0 Å². The van der Waals surface area contributed by atoms with Gasteiger partial charge in [0.2, 0.25) is 0 Å². The maximum Gasteiger partial charge on any atom is 0.259 e.